The average molecular weight is 284 g/mol. The Morgan fingerprint density at radius 2 is 2.05 bits per heavy atom. The summed E-state index contributed by atoms with van der Waals surface area (Å²) in [5.74, 6) is 0.785. The Kier molecular flexibility index (Phi) is 5.72. The molecule has 1 N–H and O–H groups in total. The molecular formula is C13H16O5S. The number of methoxy groups -OCH3 is 1. The standard InChI is InChI=1S/C11H12O3S.C2H4O2/c1-7-6-14-11-4-3-9(15(12)13)5-10(11)8(7)2;1-4-2-3/h3-5H,6H2,1-2H3,(H,12,13);2H,1H3. The molecule has 6 heteroatoms. The highest BCUT2D eigenvalue weighted by molar-refractivity contribution is 7.79. The van der Waals surface area contributed by atoms with Crippen LogP contribution in [0.5, 0.6) is 5.75 Å². The minimum Gasteiger partial charge on any atom is -0.489 e. The monoisotopic (exact) mass is 284 g/mol. The van der Waals surface area contributed by atoms with Crippen LogP contribution >= 0.6 is 0 Å². The number of hydrogen-bond acceptors (Lipinski definition) is 4. The van der Waals surface area contributed by atoms with Crippen molar-refractivity contribution in [2.45, 2.75) is 18.7 Å². The molecule has 0 aliphatic carbocycles. The van der Waals surface area contributed by atoms with Gasteiger partial charge in [0.1, 0.15) is 12.4 Å². The first-order valence-corrected chi connectivity index (χ1v) is 6.62. The first-order valence-electron chi connectivity index (χ1n) is 5.52. The zero-order valence-electron chi connectivity index (χ0n) is 11.0. The van der Waals surface area contributed by atoms with Crippen LogP contribution in [-0.2, 0) is 20.6 Å². The summed E-state index contributed by atoms with van der Waals surface area (Å²) in [5, 5.41) is 0. The second kappa shape index (κ2) is 7.06. The second-order valence-corrected chi connectivity index (χ2v) is 4.90. The molecule has 1 aromatic rings. The maximum atomic E-state index is 10.9. The molecule has 0 saturated carbocycles. The molecule has 0 radical (unpaired) electrons. The average Bonchev–Trinajstić information content (AvgIpc) is 2.43. The van der Waals surface area contributed by atoms with E-state index in [0.717, 1.165) is 22.5 Å². The van der Waals surface area contributed by atoms with Gasteiger partial charge in [0.2, 0.25) is 0 Å². The van der Waals surface area contributed by atoms with Crippen molar-refractivity contribution in [2.75, 3.05) is 13.7 Å². The highest BCUT2D eigenvalue weighted by Gasteiger charge is 2.15. The fourth-order valence-electron chi connectivity index (χ4n) is 1.56. The molecular weight excluding hydrogens is 268 g/mol. The van der Waals surface area contributed by atoms with E-state index in [1.54, 1.807) is 18.2 Å². The third-order valence-electron chi connectivity index (χ3n) is 2.74. The third-order valence-corrected chi connectivity index (χ3v) is 3.39. The van der Waals surface area contributed by atoms with Gasteiger partial charge in [0.25, 0.3) is 6.47 Å². The fourth-order valence-corrected chi connectivity index (χ4v) is 1.96. The van der Waals surface area contributed by atoms with Crippen LogP contribution in [0.4, 0.5) is 0 Å². The SMILES string of the molecule is CC1=C(C)c2cc(S(=O)O)ccc2OC1.COC=O. The fraction of sp³-hybridized carbons (Fsp3) is 0.308. The van der Waals surface area contributed by atoms with Crippen LogP contribution in [0.3, 0.4) is 0 Å². The van der Waals surface area contributed by atoms with Crippen LogP contribution < -0.4 is 4.74 Å². The lowest BCUT2D eigenvalue weighted by Gasteiger charge is -2.20. The van der Waals surface area contributed by atoms with Gasteiger partial charge in [-0.3, -0.25) is 4.79 Å². The van der Waals surface area contributed by atoms with E-state index in [0.29, 0.717) is 18.0 Å². The van der Waals surface area contributed by atoms with Crippen molar-refractivity contribution in [1.29, 1.82) is 0 Å². The topological polar surface area (TPSA) is 72.8 Å². The summed E-state index contributed by atoms with van der Waals surface area (Å²) >= 11 is -1.93. The molecule has 1 aliphatic rings. The van der Waals surface area contributed by atoms with Crippen molar-refractivity contribution < 1.29 is 23.0 Å². The Labute approximate surface area is 114 Å². The van der Waals surface area contributed by atoms with Crippen molar-refractivity contribution >= 4 is 23.1 Å². The van der Waals surface area contributed by atoms with Gasteiger partial charge >= 0.3 is 0 Å². The molecule has 0 aromatic heterocycles. The molecule has 1 heterocycles. The molecule has 1 unspecified atom stereocenters. The minimum atomic E-state index is -1.93. The summed E-state index contributed by atoms with van der Waals surface area (Å²) in [6.07, 6.45) is 0. The first kappa shape index (κ1) is 15.4. The minimum absolute atomic E-state index is 0.375. The maximum Gasteiger partial charge on any atom is 0.292 e. The number of fused-ring (bicyclic) bond motifs is 1. The highest BCUT2D eigenvalue weighted by atomic mass is 32.2. The van der Waals surface area contributed by atoms with E-state index in [1.165, 1.54) is 7.11 Å². The number of allylic oxidation sites excluding steroid dienone is 1. The lowest BCUT2D eigenvalue weighted by molar-refractivity contribution is -0.126. The number of carbonyl (C=O) groups excluding carboxylic acids is 1. The van der Waals surface area contributed by atoms with Gasteiger partial charge in [0.05, 0.1) is 12.0 Å². The summed E-state index contributed by atoms with van der Waals surface area (Å²) in [6, 6.07) is 5.07. The zero-order valence-corrected chi connectivity index (χ0v) is 11.8. The van der Waals surface area contributed by atoms with Crippen LogP contribution in [0, 0.1) is 0 Å². The van der Waals surface area contributed by atoms with E-state index in [2.05, 4.69) is 4.74 Å². The molecule has 0 spiro atoms. The van der Waals surface area contributed by atoms with E-state index >= 15 is 0 Å². The Hall–Kier alpha value is -1.66. The van der Waals surface area contributed by atoms with Crippen LogP contribution in [0.2, 0.25) is 0 Å². The Morgan fingerprint density at radius 3 is 2.58 bits per heavy atom. The number of carbonyl (C=O) groups is 1. The van der Waals surface area contributed by atoms with Crippen LogP contribution in [-0.4, -0.2) is 29.0 Å². The van der Waals surface area contributed by atoms with Crippen molar-refractivity contribution in [1.82, 2.24) is 0 Å². The zero-order chi connectivity index (χ0) is 14.4. The molecule has 1 aliphatic heterocycles. The lowest BCUT2D eigenvalue weighted by atomic mass is 10.00. The number of hydrogen-bond donors (Lipinski definition) is 1. The maximum absolute atomic E-state index is 10.9. The summed E-state index contributed by atoms with van der Waals surface area (Å²) in [4.78, 5) is 9.36. The number of ether oxygens (including phenoxy) is 2. The molecule has 19 heavy (non-hydrogen) atoms. The normalized spacial score (nSPS) is 14.5. The van der Waals surface area contributed by atoms with Crippen molar-refractivity contribution in [3.8, 4) is 5.75 Å². The number of benzene rings is 1. The van der Waals surface area contributed by atoms with Crippen LogP contribution in [0.1, 0.15) is 19.4 Å². The van der Waals surface area contributed by atoms with Crippen LogP contribution in [0.15, 0.2) is 28.7 Å². The first-order chi connectivity index (χ1) is 9.01. The van der Waals surface area contributed by atoms with E-state index in [4.69, 9.17) is 14.1 Å². The van der Waals surface area contributed by atoms with Gasteiger partial charge in [-0.05, 0) is 43.2 Å². The Morgan fingerprint density at radius 1 is 1.42 bits per heavy atom. The van der Waals surface area contributed by atoms with Crippen LogP contribution in [0.25, 0.3) is 5.57 Å². The molecule has 5 nitrogen and oxygen atoms in total. The quantitative estimate of drug-likeness (QED) is 0.666. The lowest BCUT2D eigenvalue weighted by Crippen LogP contribution is -2.08. The van der Waals surface area contributed by atoms with Crippen molar-refractivity contribution in [3.05, 3.63) is 29.3 Å². The number of rotatable bonds is 2. The summed E-state index contributed by atoms with van der Waals surface area (Å²) < 4.78 is 29.3. The van der Waals surface area contributed by atoms with Gasteiger partial charge < -0.3 is 14.0 Å². The molecule has 1 atom stereocenters. The molecule has 0 amide bonds. The predicted octanol–water partition coefficient (Wildman–Crippen LogP) is 2.24. The highest BCUT2D eigenvalue weighted by Crippen LogP contribution is 2.33. The van der Waals surface area contributed by atoms with Gasteiger partial charge in [-0.25, -0.2) is 4.21 Å². The molecule has 2 rings (SSSR count). The van der Waals surface area contributed by atoms with Gasteiger partial charge in [0, 0.05) is 5.56 Å². The smallest absolute Gasteiger partial charge is 0.292 e. The van der Waals surface area contributed by atoms with Gasteiger partial charge in [-0.2, -0.15) is 0 Å². The molecule has 1 aromatic carbocycles. The van der Waals surface area contributed by atoms with Crippen molar-refractivity contribution in [2.24, 2.45) is 0 Å². The third kappa shape index (κ3) is 3.90. The van der Waals surface area contributed by atoms with Gasteiger partial charge in [-0.1, -0.05) is 0 Å². The largest absolute Gasteiger partial charge is 0.489 e. The molecule has 0 fully saturated rings. The molecule has 0 saturated heterocycles. The summed E-state index contributed by atoms with van der Waals surface area (Å²) in [6.45, 7) is 4.97. The Balaban J connectivity index is 0.000000399. The predicted molar refractivity (Wildman–Crippen MR) is 72.3 cm³/mol. The summed E-state index contributed by atoms with van der Waals surface area (Å²) in [5.41, 5.74) is 3.20. The van der Waals surface area contributed by atoms with Gasteiger partial charge in [0.15, 0.2) is 11.1 Å². The molecule has 0 bridgehead atoms. The van der Waals surface area contributed by atoms with E-state index in [-0.39, 0.29) is 0 Å². The molecule has 104 valence electrons. The summed E-state index contributed by atoms with van der Waals surface area (Å²) in [7, 11) is 1.31. The van der Waals surface area contributed by atoms with E-state index in [9.17, 15) is 4.21 Å². The van der Waals surface area contributed by atoms with E-state index in [1.807, 2.05) is 13.8 Å². The van der Waals surface area contributed by atoms with Gasteiger partial charge in [-0.15, -0.1) is 0 Å². The van der Waals surface area contributed by atoms with Crippen molar-refractivity contribution in [3.63, 3.8) is 0 Å². The van der Waals surface area contributed by atoms with E-state index < -0.39 is 11.1 Å². The second-order valence-electron chi connectivity index (χ2n) is 3.93. The Bertz CT molecular complexity index is 522.